The van der Waals surface area contributed by atoms with Gasteiger partial charge in [-0.25, -0.2) is 14.8 Å². The number of benzene rings is 1. The SMILES string of the molecule is COC(=O)c1ccc(-c2nc(CN(C)CCn3ccnc3C)c(C)o2)cc1. The average molecular weight is 368 g/mol. The maximum atomic E-state index is 11.5. The van der Waals surface area contributed by atoms with Gasteiger partial charge in [0, 0.05) is 37.6 Å². The number of esters is 1. The first-order chi connectivity index (χ1) is 13.0. The van der Waals surface area contributed by atoms with Crippen molar-refractivity contribution < 1.29 is 13.9 Å². The van der Waals surface area contributed by atoms with Crippen molar-refractivity contribution in [2.45, 2.75) is 26.9 Å². The molecule has 1 aromatic carbocycles. The molecule has 3 aromatic rings. The highest BCUT2D eigenvalue weighted by Crippen LogP contribution is 2.23. The van der Waals surface area contributed by atoms with E-state index in [1.807, 2.05) is 38.4 Å². The zero-order valence-electron chi connectivity index (χ0n) is 16.1. The smallest absolute Gasteiger partial charge is 0.337 e. The number of carbonyl (C=O) groups is 1. The summed E-state index contributed by atoms with van der Waals surface area (Å²) in [7, 11) is 3.43. The number of aromatic nitrogens is 3. The van der Waals surface area contributed by atoms with Crippen LogP contribution in [0.15, 0.2) is 41.1 Å². The molecule has 0 aliphatic heterocycles. The summed E-state index contributed by atoms with van der Waals surface area (Å²) in [4.78, 5) is 22.6. The van der Waals surface area contributed by atoms with Gasteiger partial charge in [0.2, 0.25) is 5.89 Å². The average Bonchev–Trinajstić information content (AvgIpc) is 3.25. The zero-order valence-corrected chi connectivity index (χ0v) is 16.1. The van der Waals surface area contributed by atoms with Gasteiger partial charge in [-0.05, 0) is 45.2 Å². The third-order valence-corrected chi connectivity index (χ3v) is 4.51. The lowest BCUT2D eigenvalue weighted by Crippen LogP contribution is -2.23. The molecule has 0 radical (unpaired) electrons. The van der Waals surface area contributed by atoms with Gasteiger partial charge < -0.3 is 13.7 Å². The molecule has 0 unspecified atom stereocenters. The van der Waals surface area contributed by atoms with Crippen LogP contribution in [0.5, 0.6) is 0 Å². The molecule has 7 heteroatoms. The summed E-state index contributed by atoms with van der Waals surface area (Å²) in [6.45, 7) is 6.37. The summed E-state index contributed by atoms with van der Waals surface area (Å²) in [6.07, 6.45) is 3.80. The number of nitrogens with zero attached hydrogens (tertiary/aromatic N) is 4. The fraction of sp³-hybridized carbons (Fsp3) is 0.350. The molecule has 27 heavy (non-hydrogen) atoms. The van der Waals surface area contributed by atoms with Gasteiger partial charge in [-0.3, -0.25) is 4.90 Å². The number of rotatable bonds is 7. The Balaban J connectivity index is 1.65. The van der Waals surface area contributed by atoms with E-state index >= 15 is 0 Å². The van der Waals surface area contributed by atoms with Crippen LogP contribution in [0.2, 0.25) is 0 Å². The molecule has 0 atom stereocenters. The molecule has 2 aromatic heterocycles. The minimum atomic E-state index is -0.361. The van der Waals surface area contributed by atoms with E-state index in [0.717, 1.165) is 35.9 Å². The number of oxazole rings is 1. The van der Waals surface area contributed by atoms with Crippen LogP contribution in [-0.4, -0.2) is 46.1 Å². The van der Waals surface area contributed by atoms with Gasteiger partial charge in [0.15, 0.2) is 0 Å². The molecule has 2 heterocycles. The van der Waals surface area contributed by atoms with Crippen molar-refractivity contribution in [3.05, 3.63) is 59.5 Å². The first-order valence-electron chi connectivity index (χ1n) is 8.79. The molecule has 0 fully saturated rings. The summed E-state index contributed by atoms with van der Waals surface area (Å²) in [6, 6.07) is 7.04. The van der Waals surface area contributed by atoms with Crippen LogP contribution >= 0.6 is 0 Å². The second-order valence-electron chi connectivity index (χ2n) is 6.50. The van der Waals surface area contributed by atoms with Crippen LogP contribution in [0.4, 0.5) is 0 Å². The second kappa shape index (κ2) is 8.18. The Morgan fingerprint density at radius 2 is 2.00 bits per heavy atom. The van der Waals surface area contributed by atoms with Gasteiger partial charge in [0.25, 0.3) is 0 Å². The van der Waals surface area contributed by atoms with Crippen LogP contribution in [-0.2, 0) is 17.8 Å². The number of carbonyl (C=O) groups excluding carboxylic acids is 1. The molecule has 7 nitrogen and oxygen atoms in total. The molecular formula is C20H24N4O3. The molecule has 0 spiro atoms. The van der Waals surface area contributed by atoms with Crippen LogP contribution in [0.1, 0.15) is 27.6 Å². The minimum Gasteiger partial charge on any atom is -0.465 e. The van der Waals surface area contributed by atoms with E-state index in [9.17, 15) is 4.79 Å². The Bertz CT molecular complexity index is 912. The van der Waals surface area contributed by atoms with Crippen molar-refractivity contribution in [2.75, 3.05) is 20.7 Å². The first kappa shape index (κ1) is 18.8. The summed E-state index contributed by atoms with van der Waals surface area (Å²) in [5.41, 5.74) is 2.24. The predicted molar refractivity (Wildman–Crippen MR) is 101 cm³/mol. The highest BCUT2D eigenvalue weighted by molar-refractivity contribution is 5.89. The van der Waals surface area contributed by atoms with E-state index in [-0.39, 0.29) is 5.97 Å². The van der Waals surface area contributed by atoms with Crippen molar-refractivity contribution in [3.8, 4) is 11.5 Å². The number of imidazole rings is 1. The number of hydrogen-bond donors (Lipinski definition) is 0. The Hall–Kier alpha value is -2.93. The van der Waals surface area contributed by atoms with E-state index in [0.29, 0.717) is 18.0 Å². The zero-order chi connectivity index (χ0) is 19.4. The monoisotopic (exact) mass is 368 g/mol. The Labute approximate surface area is 158 Å². The lowest BCUT2D eigenvalue weighted by Gasteiger charge is -2.16. The topological polar surface area (TPSA) is 73.4 Å². The molecule has 0 N–H and O–H groups in total. The summed E-state index contributed by atoms with van der Waals surface area (Å²) >= 11 is 0. The van der Waals surface area contributed by atoms with Gasteiger partial charge in [0.05, 0.1) is 18.4 Å². The Kier molecular flexibility index (Phi) is 5.71. The van der Waals surface area contributed by atoms with Crippen LogP contribution in [0.3, 0.4) is 0 Å². The van der Waals surface area contributed by atoms with Gasteiger partial charge in [-0.2, -0.15) is 0 Å². The Morgan fingerprint density at radius 3 is 2.63 bits per heavy atom. The van der Waals surface area contributed by atoms with Gasteiger partial charge in [0.1, 0.15) is 11.6 Å². The summed E-state index contributed by atoms with van der Waals surface area (Å²) in [5.74, 6) is 2.00. The van der Waals surface area contributed by atoms with E-state index in [4.69, 9.17) is 9.15 Å². The van der Waals surface area contributed by atoms with Gasteiger partial charge in [-0.1, -0.05) is 0 Å². The molecule has 0 amide bonds. The van der Waals surface area contributed by atoms with Crippen LogP contribution < -0.4 is 0 Å². The van der Waals surface area contributed by atoms with Gasteiger partial charge in [-0.15, -0.1) is 0 Å². The molecule has 0 aliphatic carbocycles. The number of likely N-dealkylation sites (N-methyl/N-ethyl adjacent to an activating group) is 1. The predicted octanol–water partition coefficient (Wildman–Crippen LogP) is 3.07. The van der Waals surface area contributed by atoms with Crippen LogP contribution in [0, 0.1) is 13.8 Å². The standard InChI is InChI=1S/C20H24N4O3/c1-14-18(13-23(3)11-12-24-10-9-21-15(24)2)22-19(27-14)16-5-7-17(8-6-16)20(25)26-4/h5-10H,11-13H2,1-4H3. The number of ether oxygens (including phenoxy) is 1. The maximum absolute atomic E-state index is 11.5. The lowest BCUT2D eigenvalue weighted by atomic mass is 10.1. The van der Waals surface area contributed by atoms with E-state index in [2.05, 4.69) is 26.5 Å². The highest BCUT2D eigenvalue weighted by Gasteiger charge is 2.14. The van der Waals surface area contributed by atoms with Crippen molar-refractivity contribution in [1.29, 1.82) is 0 Å². The number of hydrogen-bond acceptors (Lipinski definition) is 6. The first-order valence-corrected chi connectivity index (χ1v) is 8.79. The van der Waals surface area contributed by atoms with Crippen molar-refractivity contribution in [3.63, 3.8) is 0 Å². The second-order valence-corrected chi connectivity index (χ2v) is 6.50. The highest BCUT2D eigenvalue weighted by atomic mass is 16.5. The number of aryl methyl sites for hydroxylation is 2. The molecule has 0 saturated heterocycles. The summed E-state index contributed by atoms with van der Waals surface area (Å²) < 4.78 is 12.7. The quantitative estimate of drug-likeness (QED) is 0.597. The largest absolute Gasteiger partial charge is 0.465 e. The molecule has 3 rings (SSSR count). The number of methoxy groups -OCH3 is 1. The van der Waals surface area contributed by atoms with Crippen LogP contribution in [0.25, 0.3) is 11.5 Å². The Morgan fingerprint density at radius 1 is 1.26 bits per heavy atom. The van der Waals surface area contributed by atoms with E-state index in [1.165, 1.54) is 7.11 Å². The van der Waals surface area contributed by atoms with Crippen molar-refractivity contribution >= 4 is 5.97 Å². The fourth-order valence-electron chi connectivity index (χ4n) is 2.82. The van der Waals surface area contributed by atoms with E-state index < -0.39 is 0 Å². The summed E-state index contributed by atoms with van der Waals surface area (Å²) in [5, 5.41) is 0. The normalized spacial score (nSPS) is 11.1. The third kappa shape index (κ3) is 4.43. The minimum absolute atomic E-state index is 0.361. The lowest BCUT2D eigenvalue weighted by molar-refractivity contribution is 0.0600. The molecular weight excluding hydrogens is 344 g/mol. The maximum Gasteiger partial charge on any atom is 0.337 e. The molecule has 0 bridgehead atoms. The van der Waals surface area contributed by atoms with Gasteiger partial charge >= 0.3 is 5.97 Å². The molecule has 0 aliphatic rings. The molecule has 142 valence electrons. The van der Waals surface area contributed by atoms with Crippen molar-refractivity contribution in [2.24, 2.45) is 0 Å². The fourth-order valence-corrected chi connectivity index (χ4v) is 2.82. The molecule has 0 saturated carbocycles. The van der Waals surface area contributed by atoms with E-state index in [1.54, 1.807) is 12.1 Å². The third-order valence-electron chi connectivity index (χ3n) is 4.51. The van der Waals surface area contributed by atoms with Crippen molar-refractivity contribution in [1.82, 2.24) is 19.4 Å².